The second-order valence-electron chi connectivity index (χ2n) is 5.22. The fourth-order valence-electron chi connectivity index (χ4n) is 1.92. The molecule has 0 fully saturated rings. The van der Waals surface area contributed by atoms with Gasteiger partial charge in [-0.3, -0.25) is 5.43 Å². The second kappa shape index (κ2) is 6.28. The highest BCUT2D eigenvalue weighted by Crippen LogP contribution is 2.34. The van der Waals surface area contributed by atoms with Gasteiger partial charge in [0.15, 0.2) is 0 Å². The highest BCUT2D eigenvalue weighted by Gasteiger charge is 2.13. The van der Waals surface area contributed by atoms with Crippen LogP contribution in [-0.4, -0.2) is 9.97 Å². The highest BCUT2D eigenvalue weighted by atomic mass is 35.5. The lowest BCUT2D eigenvalue weighted by Gasteiger charge is -2.15. The third-order valence-corrected chi connectivity index (χ3v) is 3.50. The molecule has 3 N–H and O–H groups in total. The summed E-state index contributed by atoms with van der Waals surface area (Å²) < 4.78 is 5.92. The maximum absolute atomic E-state index is 6.27. The molecule has 112 valence electrons. The number of nitrogens with two attached hydrogens (primary N) is 1. The normalized spacial score (nSPS) is 10.8. The first kappa shape index (κ1) is 15.5. The van der Waals surface area contributed by atoms with E-state index in [1.807, 2.05) is 26.0 Å². The van der Waals surface area contributed by atoms with Gasteiger partial charge in [0.05, 0.1) is 0 Å². The Hall–Kier alpha value is -1.85. The molecule has 6 heteroatoms. The zero-order valence-electron chi connectivity index (χ0n) is 12.6. The van der Waals surface area contributed by atoms with E-state index < -0.39 is 0 Å². The van der Waals surface area contributed by atoms with Crippen LogP contribution in [0.5, 0.6) is 11.6 Å². The first-order valence-electron chi connectivity index (χ1n) is 6.70. The number of aryl methyl sites for hydroxylation is 2. The molecule has 0 unspecified atom stereocenters. The topological polar surface area (TPSA) is 73.1 Å². The number of halogens is 1. The summed E-state index contributed by atoms with van der Waals surface area (Å²) in [6.45, 7) is 8.01. The van der Waals surface area contributed by atoms with Gasteiger partial charge in [0.25, 0.3) is 0 Å². The summed E-state index contributed by atoms with van der Waals surface area (Å²) in [6, 6.07) is 3.87. The standard InChI is InChI=1S/C15H19ClN4O/c1-8(2)11-6-13(9(3)5-12(11)16)21-14-10(4)7-18-15(19-14)20-17/h5-8H,17H2,1-4H3,(H,18,19,20). The van der Waals surface area contributed by atoms with E-state index in [4.69, 9.17) is 22.2 Å². The Morgan fingerprint density at radius 3 is 2.57 bits per heavy atom. The molecule has 2 rings (SSSR count). The SMILES string of the molecule is Cc1cc(Cl)c(C(C)C)cc1Oc1nc(NN)ncc1C. The molecule has 0 bridgehead atoms. The summed E-state index contributed by atoms with van der Waals surface area (Å²) in [7, 11) is 0. The summed E-state index contributed by atoms with van der Waals surface area (Å²) >= 11 is 6.27. The first-order valence-corrected chi connectivity index (χ1v) is 7.08. The minimum absolute atomic E-state index is 0.311. The van der Waals surface area contributed by atoms with Crippen molar-refractivity contribution < 1.29 is 4.74 Å². The smallest absolute Gasteiger partial charge is 0.240 e. The third-order valence-electron chi connectivity index (χ3n) is 3.18. The number of anilines is 1. The fraction of sp³-hybridized carbons (Fsp3) is 0.333. The van der Waals surface area contributed by atoms with Crippen molar-refractivity contribution in [3.63, 3.8) is 0 Å². The number of nitrogens with one attached hydrogen (secondary N) is 1. The van der Waals surface area contributed by atoms with Crippen LogP contribution in [0.25, 0.3) is 0 Å². The quantitative estimate of drug-likeness (QED) is 0.661. The number of aromatic nitrogens is 2. The van der Waals surface area contributed by atoms with Gasteiger partial charge < -0.3 is 4.74 Å². The van der Waals surface area contributed by atoms with Crippen molar-refractivity contribution in [3.05, 3.63) is 40.0 Å². The number of rotatable bonds is 4. The monoisotopic (exact) mass is 306 g/mol. The molecule has 5 nitrogen and oxygen atoms in total. The van der Waals surface area contributed by atoms with Gasteiger partial charge in [-0.25, -0.2) is 10.8 Å². The Morgan fingerprint density at radius 2 is 1.95 bits per heavy atom. The predicted molar refractivity (Wildman–Crippen MR) is 84.9 cm³/mol. The van der Waals surface area contributed by atoms with Crippen LogP contribution in [0.4, 0.5) is 5.95 Å². The number of hydrogen-bond acceptors (Lipinski definition) is 5. The number of nitrogens with zero attached hydrogens (tertiary/aromatic N) is 2. The van der Waals surface area contributed by atoms with E-state index >= 15 is 0 Å². The maximum Gasteiger partial charge on any atom is 0.240 e. The average Bonchev–Trinajstić information content (AvgIpc) is 2.43. The zero-order chi connectivity index (χ0) is 15.6. The van der Waals surface area contributed by atoms with E-state index in [9.17, 15) is 0 Å². The van der Waals surface area contributed by atoms with Gasteiger partial charge in [-0.05, 0) is 43.0 Å². The van der Waals surface area contributed by atoms with Crippen LogP contribution in [0.3, 0.4) is 0 Å². The summed E-state index contributed by atoms with van der Waals surface area (Å²) in [6.07, 6.45) is 1.66. The molecule has 1 heterocycles. The van der Waals surface area contributed by atoms with Crippen LogP contribution >= 0.6 is 11.6 Å². The molecular formula is C15H19ClN4O. The molecule has 0 saturated carbocycles. The van der Waals surface area contributed by atoms with Crippen molar-refractivity contribution in [2.75, 3.05) is 5.43 Å². The molecule has 1 aromatic carbocycles. The summed E-state index contributed by atoms with van der Waals surface area (Å²) in [5.41, 5.74) is 5.23. The molecule has 2 aromatic rings. The van der Waals surface area contributed by atoms with Crippen molar-refractivity contribution in [2.45, 2.75) is 33.6 Å². The minimum atomic E-state index is 0.311. The fourth-order valence-corrected chi connectivity index (χ4v) is 2.36. The lowest BCUT2D eigenvalue weighted by molar-refractivity contribution is 0.454. The minimum Gasteiger partial charge on any atom is -0.438 e. The molecule has 0 aliphatic heterocycles. The van der Waals surface area contributed by atoms with Gasteiger partial charge in [-0.1, -0.05) is 25.4 Å². The number of hydrazine groups is 1. The Bertz CT molecular complexity index is 658. The molecular weight excluding hydrogens is 288 g/mol. The number of benzene rings is 1. The lowest BCUT2D eigenvalue weighted by Crippen LogP contribution is -2.11. The first-order chi connectivity index (χ1) is 9.92. The molecule has 0 aliphatic carbocycles. The molecule has 1 aromatic heterocycles. The van der Waals surface area contributed by atoms with Crippen molar-refractivity contribution in [3.8, 4) is 11.6 Å². The molecule has 21 heavy (non-hydrogen) atoms. The Kier molecular flexibility index (Phi) is 4.65. The van der Waals surface area contributed by atoms with E-state index in [-0.39, 0.29) is 0 Å². The molecule has 0 radical (unpaired) electrons. The molecule has 0 aliphatic rings. The maximum atomic E-state index is 6.27. The van der Waals surface area contributed by atoms with E-state index in [2.05, 4.69) is 29.2 Å². The van der Waals surface area contributed by atoms with Crippen molar-refractivity contribution in [1.29, 1.82) is 0 Å². The molecule has 0 spiro atoms. The van der Waals surface area contributed by atoms with E-state index in [1.165, 1.54) is 0 Å². The van der Waals surface area contributed by atoms with Gasteiger partial charge >= 0.3 is 0 Å². The molecule has 0 atom stereocenters. The van der Waals surface area contributed by atoms with Gasteiger partial charge in [-0.15, -0.1) is 0 Å². The molecule has 0 amide bonds. The summed E-state index contributed by atoms with van der Waals surface area (Å²) in [5, 5.41) is 0.749. The summed E-state index contributed by atoms with van der Waals surface area (Å²) in [4.78, 5) is 8.25. The van der Waals surface area contributed by atoms with Gasteiger partial charge in [0.2, 0.25) is 11.8 Å². The molecule has 0 saturated heterocycles. The van der Waals surface area contributed by atoms with Crippen molar-refractivity contribution >= 4 is 17.5 Å². The Morgan fingerprint density at radius 1 is 1.24 bits per heavy atom. The second-order valence-corrected chi connectivity index (χ2v) is 5.63. The average molecular weight is 307 g/mol. The van der Waals surface area contributed by atoms with Crippen molar-refractivity contribution in [2.24, 2.45) is 5.84 Å². The van der Waals surface area contributed by atoms with E-state index in [0.717, 1.165) is 27.5 Å². The predicted octanol–water partition coefficient (Wildman–Crippen LogP) is 3.95. The zero-order valence-corrected chi connectivity index (χ0v) is 13.3. The van der Waals surface area contributed by atoms with Crippen LogP contribution in [0.15, 0.2) is 18.3 Å². The van der Waals surface area contributed by atoms with Crippen LogP contribution in [0.1, 0.15) is 36.5 Å². The Labute approximate surface area is 129 Å². The number of ether oxygens (including phenoxy) is 1. The summed E-state index contributed by atoms with van der Waals surface area (Å²) in [5.74, 6) is 7.15. The van der Waals surface area contributed by atoms with Crippen LogP contribution < -0.4 is 16.0 Å². The van der Waals surface area contributed by atoms with Crippen LogP contribution in [0.2, 0.25) is 5.02 Å². The number of nitrogen functional groups attached to an aromatic ring is 1. The lowest BCUT2D eigenvalue weighted by atomic mass is 10.0. The van der Waals surface area contributed by atoms with Crippen LogP contribution in [-0.2, 0) is 0 Å². The Balaban J connectivity index is 2.42. The third kappa shape index (κ3) is 3.43. The number of hydrogen-bond donors (Lipinski definition) is 2. The van der Waals surface area contributed by atoms with Gasteiger partial charge in [0, 0.05) is 16.8 Å². The largest absolute Gasteiger partial charge is 0.438 e. The van der Waals surface area contributed by atoms with Gasteiger partial charge in [0.1, 0.15) is 5.75 Å². The van der Waals surface area contributed by atoms with E-state index in [0.29, 0.717) is 17.7 Å². The van der Waals surface area contributed by atoms with Crippen molar-refractivity contribution in [1.82, 2.24) is 9.97 Å². The van der Waals surface area contributed by atoms with Crippen LogP contribution in [0, 0.1) is 13.8 Å². The van der Waals surface area contributed by atoms with Gasteiger partial charge in [-0.2, -0.15) is 4.98 Å². The van der Waals surface area contributed by atoms with E-state index in [1.54, 1.807) is 6.20 Å². The highest BCUT2D eigenvalue weighted by molar-refractivity contribution is 6.31.